The fourth-order valence-electron chi connectivity index (χ4n) is 3.02. The molecule has 1 aliphatic rings. The Morgan fingerprint density at radius 2 is 2.10 bits per heavy atom. The first-order valence-electron chi connectivity index (χ1n) is 7.88. The van der Waals surface area contributed by atoms with Crippen molar-refractivity contribution in [3.8, 4) is 0 Å². The van der Waals surface area contributed by atoms with Gasteiger partial charge in [-0.1, -0.05) is 32.8 Å². The second-order valence-electron chi connectivity index (χ2n) is 6.02. The largest absolute Gasteiger partial charge is 0.478 e. The van der Waals surface area contributed by atoms with Crippen LogP contribution >= 0.6 is 0 Å². The molecule has 112 valence electrons. The third-order valence-corrected chi connectivity index (χ3v) is 4.56. The highest BCUT2D eigenvalue weighted by Gasteiger charge is 2.31. The molecule has 2 aromatic rings. The number of aromatic nitrogens is 2. The predicted molar refractivity (Wildman–Crippen MR) is 82.7 cm³/mol. The zero-order chi connectivity index (χ0) is 15.0. The highest BCUT2D eigenvalue weighted by atomic mass is 16.4. The van der Waals surface area contributed by atoms with E-state index in [1.807, 2.05) is 6.07 Å². The first-order valence-corrected chi connectivity index (χ1v) is 7.88. The molecule has 0 saturated heterocycles. The Kier molecular flexibility index (Phi) is 3.70. The highest BCUT2D eigenvalue weighted by Crippen LogP contribution is 2.41. The minimum Gasteiger partial charge on any atom is -0.478 e. The highest BCUT2D eigenvalue weighted by molar-refractivity contribution is 6.01. The molecule has 0 bridgehead atoms. The van der Waals surface area contributed by atoms with E-state index in [1.165, 1.54) is 12.8 Å². The van der Waals surface area contributed by atoms with Crippen molar-refractivity contribution in [1.29, 1.82) is 0 Å². The van der Waals surface area contributed by atoms with Crippen LogP contribution in [-0.2, 0) is 6.54 Å². The third-order valence-electron chi connectivity index (χ3n) is 4.56. The van der Waals surface area contributed by atoms with Crippen LogP contribution in [0, 0.1) is 5.92 Å². The molecule has 1 aliphatic carbocycles. The summed E-state index contributed by atoms with van der Waals surface area (Å²) < 4.78 is 2.19. The average molecular weight is 286 g/mol. The maximum Gasteiger partial charge on any atom is 0.337 e. The van der Waals surface area contributed by atoms with Gasteiger partial charge in [0.1, 0.15) is 5.82 Å². The number of hydrogen-bond donors (Lipinski definition) is 1. The number of carboxylic acid groups (broad SMARTS) is 1. The topological polar surface area (TPSA) is 55.1 Å². The number of fused-ring (bicyclic) bond motifs is 1. The Balaban J connectivity index is 2.17. The van der Waals surface area contributed by atoms with Crippen molar-refractivity contribution in [3.63, 3.8) is 0 Å². The molecule has 0 unspecified atom stereocenters. The Labute approximate surface area is 124 Å². The van der Waals surface area contributed by atoms with Gasteiger partial charge in [0.2, 0.25) is 0 Å². The van der Waals surface area contributed by atoms with Gasteiger partial charge in [-0.2, -0.15) is 0 Å². The van der Waals surface area contributed by atoms with Gasteiger partial charge < -0.3 is 9.67 Å². The lowest BCUT2D eigenvalue weighted by Gasteiger charge is -2.17. The predicted octanol–water partition coefficient (Wildman–Crippen LogP) is 4.05. The van der Waals surface area contributed by atoms with Gasteiger partial charge in [-0.3, -0.25) is 0 Å². The maximum atomic E-state index is 11.5. The van der Waals surface area contributed by atoms with Crippen LogP contribution in [-0.4, -0.2) is 20.6 Å². The summed E-state index contributed by atoms with van der Waals surface area (Å²) in [4.78, 5) is 16.3. The lowest BCUT2D eigenvalue weighted by Crippen LogP contribution is -2.13. The molecule has 0 radical (unpaired) electrons. The smallest absolute Gasteiger partial charge is 0.337 e. The molecule has 4 heteroatoms. The van der Waals surface area contributed by atoms with Crippen molar-refractivity contribution in [3.05, 3.63) is 29.6 Å². The van der Waals surface area contributed by atoms with Crippen molar-refractivity contribution in [2.75, 3.05) is 0 Å². The second-order valence-corrected chi connectivity index (χ2v) is 6.02. The molecule has 0 spiro atoms. The summed E-state index contributed by atoms with van der Waals surface area (Å²) in [5.41, 5.74) is 2.00. The van der Waals surface area contributed by atoms with Gasteiger partial charge in [0, 0.05) is 12.5 Å². The van der Waals surface area contributed by atoms with Crippen molar-refractivity contribution < 1.29 is 9.90 Å². The number of benzene rings is 1. The van der Waals surface area contributed by atoms with Gasteiger partial charge in [-0.05, 0) is 30.9 Å². The molecule has 1 N–H and O–H groups in total. The zero-order valence-electron chi connectivity index (χ0n) is 12.7. The van der Waals surface area contributed by atoms with E-state index in [2.05, 4.69) is 18.4 Å². The average Bonchev–Trinajstić information content (AvgIpc) is 3.26. The van der Waals surface area contributed by atoms with Gasteiger partial charge in [0.25, 0.3) is 0 Å². The Morgan fingerprint density at radius 1 is 1.38 bits per heavy atom. The number of para-hydroxylation sites is 1. The molecule has 1 aromatic heterocycles. The molecule has 1 aromatic carbocycles. The number of carbonyl (C=O) groups is 1. The van der Waals surface area contributed by atoms with E-state index >= 15 is 0 Å². The monoisotopic (exact) mass is 286 g/mol. The van der Waals surface area contributed by atoms with Gasteiger partial charge in [0.05, 0.1) is 16.6 Å². The number of rotatable bonds is 6. The van der Waals surface area contributed by atoms with E-state index < -0.39 is 5.97 Å². The van der Waals surface area contributed by atoms with Gasteiger partial charge in [0.15, 0.2) is 0 Å². The van der Waals surface area contributed by atoms with E-state index in [9.17, 15) is 9.90 Å². The normalized spacial score (nSPS) is 15.0. The Hall–Kier alpha value is -1.84. The van der Waals surface area contributed by atoms with E-state index in [0.29, 0.717) is 17.4 Å². The molecule has 1 heterocycles. The minimum absolute atomic E-state index is 0.373. The molecule has 0 amide bonds. The fourth-order valence-corrected chi connectivity index (χ4v) is 3.02. The summed E-state index contributed by atoms with van der Waals surface area (Å²) in [6.45, 7) is 5.27. The molecule has 3 rings (SSSR count). The van der Waals surface area contributed by atoms with Gasteiger partial charge >= 0.3 is 5.97 Å². The van der Waals surface area contributed by atoms with Crippen LogP contribution in [0.2, 0.25) is 0 Å². The lowest BCUT2D eigenvalue weighted by atomic mass is 10.0. The summed E-state index contributed by atoms with van der Waals surface area (Å²) in [5, 5.41) is 9.48. The molecular weight excluding hydrogens is 264 g/mol. The lowest BCUT2D eigenvalue weighted by molar-refractivity contribution is 0.0698. The molecule has 4 nitrogen and oxygen atoms in total. The standard InChI is InChI=1S/C17H22N2O2/c1-3-11(4-2)10-19-15-13(17(20)21)6-5-7-14(15)18-16(19)12-8-9-12/h5-7,11-12H,3-4,8-10H2,1-2H3,(H,20,21). The molecule has 0 atom stereocenters. The number of nitrogens with zero attached hydrogens (tertiary/aromatic N) is 2. The Bertz CT molecular complexity index is 667. The molecule has 1 fully saturated rings. The van der Waals surface area contributed by atoms with Crippen LogP contribution < -0.4 is 0 Å². The summed E-state index contributed by atoms with van der Waals surface area (Å²) >= 11 is 0. The van der Waals surface area contributed by atoms with Gasteiger partial charge in [-0.25, -0.2) is 9.78 Å². The third kappa shape index (κ3) is 2.55. The second kappa shape index (κ2) is 5.51. The number of aromatic carboxylic acids is 1. The summed E-state index contributed by atoms with van der Waals surface area (Å²) in [7, 11) is 0. The first kappa shape index (κ1) is 14.1. The number of carboxylic acids is 1. The van der Waals surface area contributed by atoms with Crippen molar-refractivity contribution >= 4 is 17.0 Å². The van der Waals surface area contributed by atoms with E-state index in [0.717, 1.165) is 36.2 Å². The SMILES string of the molecule is CCC(CC)Cn1c(C2CC2)nc2cccc(C(=O)O)c21. The summed E-state index contributed by atoms with van der Waals surface area (Å²) in [6.07, 6.45) is 4.56. The van der Waals surface area contributed by atoms with Crippen LogP contribution in [0.3, 0.4) is 0 Å². The van der Waals surface area contributed by atoms with Crippen LogP contribution in [0.15, 0.2) is 18.2 Å². The first-order chi connectivity index (χ1) is 10.2. The quantitative estimate of drug-likeness (QED) is 0.871. The fraction of sp³-hybridized carbons (Fsp3) is 0.529. The van der Waals surface area contributed by atoms with Gasteiger partial charge in [-0.15, -0.1) is 0 Å². The Morgan fingerprint density at radius 3 is 2.67 bits per heavy atom. The van der Waals surface area contributed by atoms with Crippen LogP contribution in [0.25, 0.3) is 11.0 Å². The van der Waals surface area contributed by atoms with Crippen LogP contribution in [0.5, 0.6) is 0 Å². The van der Waals surface area contributed by atoms with E-state index in [1.54, 1.807) is 12.1 Å². The molecular formula is C17H22N2O2. The number of imidazole rings is 1. The summed E-state index contributed by atoms with van der Waals surface area (Å²) in [6, 6.07) is 5.40. The summed E-state index contributed by atoms with van der Waals surface area (Å²) in [5.74, 6) is 1.31. The zero-order valence-corrected chi connectivity index (χ0v) is 12.7. The van der Waals surface area contributed by atoms with Crippen molar-refractivity contribution in [2.45, 2.75) is 52.0 Å². The van der Waals surface area contributed by atoms with E-state index in [-0.39, 0.29) is 0 Å². The number of hydrogen-bond acceptors (Lipinski definition) is 2. The minimum atomic E-state index is -0.867. The molecule has 21 heavy (non-hydrogen) atoms. The molecule has 0 aliphatic heterocycles. The van der Waals surface area contributed by atoms with Crippen molar-refractivity contribution in [2.24, 2.45) is 5.92 Å². The van der Waals surface area contributed by atoms with Crippen LogP contribution in [0.1, 0.15) is 61.6 Å². The van der Waals surface area contributed by atoms with Crippen LogP contribution in [0.4, 0.5) is 0 Å². The molecule has 1 saturated carbocycles. The maximum absolute atomic E-state index is 11.5. The van der Waals surface area contributed by atoms with E-state index in [4.69, 9.17) is 4.98 Å². The van der Waals surface area contributed by atoms with Crippen molar-refractivity contribution in [1.82, 2.24) is 9.55 Å².